The molecule has 2 fully saturated rings. The van der Waals surface area contributed by atoms with Gasteiger partial charge in [-0.3, -0.25) is 0 Å². The van der Waals surface area contributed by atoms with Crippen LogP contribution in [0.1, 0.15) is 19.3 Å². The summed E-state index contributed by atoms with van der Waals surface area (Å²) in [6, 6.07) is 0. The summed E-state index contributed by atoms with van der Waals surface area (Å²) in [7, 11) is 1.14. The number of nitrogens with one attached hydrogen (secondary N) is 1. The Bertz CT molecular complexity index is 224. The van der Waals surface area contributed by atoms with Crippen molar-refractivity contribution in [1.82, 2.24) is 5.32 Å². The molecule has 2 aliphatic rings. The molecule has 0 bridgehead atoms. The zero-order chi connectivity index (χ0) is 9.74. The van der Waals surface area contributed by atoms with Gasteiger partial charge >= 0.3 is 6.18 Å². The Morgan fingerprint density at radius 3 is 2.15 bits per heavy atom. The van der Waals surface area contributed by atoms with Crippen LogP contribution in [0.25, 0.3) is 0 Å². The van der Waals surface area contributed by atoms with Crippen molar-refractivity contribution >= 4 is 0 Å². The quantitative estimate of drug-likeness (QED) is 0.684. The van der Waals surface area contributed by atoms with Crippen molar-refractivity contribution in [2.45, 2.75) is 36.6 Å². The van der Waals surface area contributed by atoms with E-state index in [0.29, 0.717) is 0 Å². The van der Waals surface area contributed by atoms with Gasteiger partial charge in [0.15, 0.2) is 5.60 Å². The fraction of sp³-hybridized carbons (Fsp3) is 1.00. The van der Waals surface area contributed by atoms with Crippen LogP contribution >= 0.6 is 0 Å². The van der Waals surface area contributed by atoms with E-state index in [-0.39, 0.29) is 18.5 Å². The highest BCUT2D eigenvalue weighted by Crippen LogP contribution is 2.52. The largest absolute Gasteiger partial charge is 0.418 e. The summed E-state index contributed by atoms with van der Waals surface area (Å²) in [5, 5.41) is 2.91. The second-order valence-electron chi connectivity index (χ2n) is 4.01. The normalized spacial score (nSPS) is 36.9. The molecule has 1 aliphatic heterocycles. The zero-order valence-corrected chi connectivity index (χ0v) is 7.37. The van der Waals surface area contributed by atoms with Gasteiger partial charge in [-0.1, -0.05) is 0 Å². The molecule has 0 aromatic carbocycles. The SMILES string of the molecule is COC1(C(F)(F)F)CNC2(CC2)C1. The number of alkyl halides is 3. The fourth-order valence-electron chi connectivity index (χ4n) is 1.97. The smallest absolute Gasteiger partial charge is 0.367 e. The van der Waals surface area contributed by atoms with E-state index in [9.17, 15) is 13.2 Å². The predicted octanol–water partition coefficient (Wildman–Crippen LogP) is 1.46. The Kier molecular flexibility index (Phi) is 1.70. The first-order valence-electron chi connectivity index (χ1n) is 4.30. The minimum absolute atomic E-state index is 0.0694. The third-order valence-electron chi connectivity index (χ3n) is 3.13. The molecule has 0 radical (unpaired) electrons. The van der Waals surface area contributed by atoms with Crippen molar-refractivity contribution in [3.8, 4) is 0 Å². The second-order valence-corrected chi connectivity index (χ2v) is 4.01. The molecular weight excluding hydrogens is 183 g/mol. The molecule has 2 rings (SSSR count). The monoisotopic (exact) mass is 195 g/mol. The highest BCUT2D eigenvalue weighted by atomic mass is 19.4. The maximum absolute atomic E-state index is 12.6. The number of rotatable bonds is 1. The lowest BCUT2D eigenvalue weighted by atomic mass is 9.98. The average molecular weight is 195 g/mol. The van der Waals surface area contributed by atoms with Crippen LogP contribution < -0.4 is 5.32 Å². The lowest BCUT2D eigenvalue weighted by molar-refractivity contribution is -0.262. The van der Waals surface area contributed by atoms with Gasteiger partial charge in [0.05, 0.1) is 0 Å². The van der Waals surface area contributed by atoms with E-state index >= 15 is 0 Å². The van der Waals surface area contributed by atoms with Gasteiger partial charge in [-0.15, -0.1) is 0 Å². The van der Waals surface area contributed by atoms with Gasteiger partial charge in [0.2, 0.25) is 0 Å². The molecule has 13 heavy (non-hydrogen) atoms. The van der Waals surface area contributed by atoms with E-state index in [2.05, 4.69) is 10.1 Å². The van der Waals surface area contributed by atoms with Gasteiger partial charge in [-0.2, -0.15) is 13.2 Å². The summed E-state index contributed by atoms with van der Waals surface area (Å²) in [6.45, 7) is -0.104. The molecule has 1 aliphatic carbocycles. The van der Waals surface area contributed by atoms with Gasteiger partial charge in [0, 0.05) is 25.6 Å². The van der Waals surface area contributed by atoms with Crippen LogP contribution in [0.4, 0.5) is 13.2 Å². The van der Waals surface area contributed by atoms with E-state index in [4.69, 9.17) is 0 Å². The Morgan fingerprint density at radius 1 is 1.31 bits per heavy atom. The number of ether oxygens (including phenoxy) is 1. The molecule has 2 nitrogen and oxygen atoms in total. The summed E-state index contributed by atoms with van der Waals surface area (Å²) in [4.78, 5) is 0. The van der Waals surface area contributed by atoms with Crippen LogP contribution in [0, 0.1) is 0 Å². The van der Waals surface area contributed by atoms with Crippen LogP contribution in [-0.2, 0) is 4.74 Å². The maximum Gasteiger partial charge on any atom is 0.418 e. The average Bonchev–Trinajstić information content (AvgIpc) is 2.61. The Hall–Kier alpha value is -0.290. The van der Waals surface area contributed by atoms with Crippen molar-refractivity contribution in [2.24, 2.45) is 0 Å². The van der Waals surface area contributed by atoms with E-state index in [1.807, 2.05) is 0 Å². The topological polar surface area (TPSA) is 21.3 Å². The van der Waals surface area contributed by atoms with Gasteiger partial charge in [-0.05, 0) is 12.8 Å². The first kappa shape index (κ1) is 9.27. The Labute approximate surface area is 74.4 Å². The number of methoxy groups -OCH3 is 1. The molecule has 1 saturated heterocycles. The summed E-state index contributed by atoms with van der Waals surface area (Å²) < 4.78 is 42.5. The highest BCUT2D eigenvalue weighted by molar-refractivity contribution is 5.15. The summed E-state index contributed by atoms with van der Waals surface area (Å²) in [6.07, 6.45) is -2.51. The highest BCUT2D eigenvalue weighted by Gasteiger charge is 2.66. The fourth-order valence-corrected chi connectivity index (χ4v) is 1.97. The second kappa shape index (κ2) is 2.39. The van der Waals surface area contributed by atoms with Crippen molar-refractivity contribution < 1.29 is 17.9 Å². The van der Waals surface area contributed by atoms with Crippen LogP contribution in [0.5, 0.6) is 0 Å². The summed E-state index contributed by atoms with van der Waals surface area (Å²) in [5.74, 6) is 0. The van der Waals surface area contributed by atoms with Gasteiger partial charge in [-0.25, -0.2) is 0 Å². The first-order valence-corrected chi connectivity index (χ1v) is 4.30. The van der Waals surface area contributed by atoms with Gasteiger partial charge in [0.1, 0.15) is 0 Å². The van der Waals surface area contributed by atoms with Crippen molar-refractivity contribution in [3.05, 3.63) is 0 Å². The molecule has 76 valence electrons. The summed E-state index contributed by atoms with van der Waals surface area (Å²) in [5.41, 5.74) is -2.20. The molecule has 1 saturated carbocycles. The maximum atomic E-state index is 12.6. The third-order valence-corrected chi connectivity index (χ3v) is 3.13. The minimum atomic E-state index is -4.26. The number of halogens is 3. The van der Waals surface area contributed by atoms with Crippen LogP contribution in [0.3, 0.4) is 0 Å². The first-order chi connectivity index (χ1) is 5.93. The molecule has 1 spiro atoms. The molecule has 1 atom stereocenters. The lowest BCUT2D eigenvalue weighted by Gasteiger charge is -2.29. The number of hydrogen-bond donors (Lipinski definition) is 1. The molecule has 0 aromatic rings. The van der Waals surface area contributed by atoms with Crippen LogP contribution in [0.15, 0.2) is 0 Å². The lowest BCUT2D eigenvalue weighted by Crippen LogP contribution is -2.48. The molecular formula is C8H12F3NO. The third kappa shape index (κ3) is 1.25. The molecule has 1 unspecified atom stereocenters. The van der Waals surface area contributed by atoms with E-state index in [1.54, 1.807) is 0 Å². The van der Waals surface area contributed by atoms with E-state index in [1.165, 1.54) is 0 Å². The molecule has 5 heteroatoms. The Balaban J connectivity index is 2.18. The molecule has 1 N–H and O–H groups in total. The minimum Gasteiger partial charge on any atom is -0.367 e. The van der Waals surface area contributed by atoms with Gasteiger partial charge in [0.25, 0.3) is 0 Å². The van der Waals surface area contributed by atoms with E-state index in [0.717, 1.165) is 20.0 Å². The number of hydrogen-bond acceptors (Lipinski definition) is 2. The standard InChI is InChI=1S/C8H12F3NO/c1-13-7(8(9,10)11)4-6(2-3-6)12-5-7/h12H,2-5H2,1H3. The van der Waals surface area contributed by atoms with Crippen LogP contribution in [0.2, 0.25) is 0 Å². The van der Waals surface area contributed by atoms with E-state index < -0.39 is 11.8 Å². The van der Waals surface area contributed by atoms with Crippen molar-refractivity contribution in [1.29, 1.82) is 0 Å². The zero-order valence-electron chi connectivity index (χ0n) is 7.37. The van der Waals surface area contributed by atoms with Gasteiger partial charge < -0.3 is 10.1 Å². The van der Waals surface area contributed by atoms with Crippen molar-refractivity contribution in [2.75, 3.05) is 13.7 Å². The molecule has 0 amide bonds. The Morgan fingerprint density at radius 2 is 1.92 bits per heavy atom. The summed E-state index contributed by atoms with van der Waals surface area (Å²) >= 11 is 0. The predicted molar refractivity (Wildman–Crippen MR) is 40.4 cm³/mol. The van der Waals surface area contributed by atoms with Crippen LogP contribution in [-0.4, -0.2) is 31.0 Å². The molecule has 1 heterocycles. The van der Waals surface area contributed by atoms with Crippen molar-refractivity contribution in [3.63, 3.8) is 0 Å². The molecule has 0 aromatic heterocycles.